The van der Waals surface area contributed by atoms with Crippen molar-refractivity contribution in [3.05, 3.63) is 62.9 Å². The second kappa shape index (κ2) is 6.14. The number of hydrogen-bond acceptors (Lipinski definition) is 4. The van der Waals surface area contributed by atoms with Crippen molar-refractivity contribution in [2.45, 2.75) is 6.54 Å². The topological polar surface area (TPSA) is 110 Å². The van der Waals surface area contributed by atoms with E-state index in [4.69, 9.17) is 18.0 Å². The van der Waals surface area contributed by atoms with Crippen LogP contribution in [0.5, 0.6) is 0 Å². The zero-order valence-corrected chi connectivity index (χ0v) is 11.6. The van der Waals surface area contributed by atoms with Gasteiger partial charge in [0.2, 0.25) is 5.91 Å². The van der Waals surface area contributed by atoms with Crippen LogP contribution in [0.3, 0.4) is 0 Å². The van der Waals surface area contributed by atoms with Crippen molar-refractivity contribution in [3.8, 4) is 0 Å². The van der Waals surface area contributed by atoms with E-state index in [1.165, 1.54) is 6.20 Å². The van der Waals surface area contributed by atoms with Crippen LogP contribution in [0.4, 0.5) is 5.69 Å². The van der Waals surface area contributed by atoms with Crippen LogP contribution < -0.4 is 22.3 Å². The van der Waals surface area contributed by atoms with Gasteiger partial charge in [-0.05, 0) is 12.1 Å². The highest BCUT2D eigenvalue weighted by Crippen LogP contribution is 2.14. The summed E-state index contributed by atoms with van der Waals surface area (Å²) in [5.74, 6) is -0.437. The molecule has 4 N–H and O–H groups in total. The molecule has 1 aromatic carbocycles. The maximum atomic E-state index is 11.9. The number of benzene rings is 1. The molecule has 1 amide bonds. The minimum atomic E-state index is -0.653. The molecule has 0 bridgehead atoms. The number of H-pyrrole nitrogens is 1. The smallest absolute Gasteiger partial charge is 0.328 e. The number of anilines is 1. The third-order valence-corrected chi connectivity index (χ3v) is 2.90. The molecule has 1 heterocycles. The largest absolute Gasteiger partial charge is 0.389 e. The molecule has 0 aliphatic rings. The van der Waals surface area contributed by atoms with E-state index < -0.39 is 17.2 Å². The Kier molecular flexibility index (Phi) is 4.29. The second-order valence-electron chi connectivity index (χ2n) is 4.20. The molecule has 0 aliphatic carbocycles. The van der Waals surface area contributed by atoms with Crippen LogP contribution in [0.2, 0.25) is 0 Å². The van der Waals surface area contributed by atoms with E-state index in [0.29, 0.717) is 11.3 Å². The first kappa shape index (κ1) is 14.7. The Balaban J connectivity index is 2.18. The quantitative estimate of drug-likeness (QED) is 0.678. The molecule has 0 fully saturated rings. The molecule has 21 heavy (non-hydrogen) atoms. The highest BCUT2D eigenvalue weighted by Gasteiger charge is 2.09. The summed E-state index contributed by atoms with van der Waals surface area (Å²) in [6.45, 7) is -0.235. The van der Waals surface area contributed by atoms with Crippen molar-refractivity contribution in [3.63, 3.8) is 0 Å². The Bertz CT molecular complexity index is 809. The van der Waals surface area contributed by atoms with E-state index >= 15 is 0 Å². The van der Waals surface area contributed by atoms with Gasteiger partial charge < -0.3 is 11.1 Å². The van der Waals surface area contributed by atoms with Gasteiger partial charge in [-0.15, -0.1) is 0 Å². The number of nitrogens with two attached hydrogens (primary N) is 1. The lowest BCUT2D eigenvalue weighted by molar-refractivity contribution is -0.116. The number of nitrogens with zero attached hydrogens (tertiary/aromatic N) is 1. The Morgan fingerprint density at radius 2 is 2.00 bits per heavy atom. The summed E-state index contributed by atoms with van der Waals surface area (Å²) in [7, 11) is 0. The van der Waals surface area contributed by atoms with Gasteiger partial charge in [0, 0.05) is 17.8 Å². The predicted octanol–water partition coefficient (Wildman–Crippen LogP) is -0.191. The van der Waals surface area contributed by atoms with Crippen molar-refractivity contribution < 1.29 is 4.79 Å². The summed E-state index contributed by atoms with van der Waals surface area (Å²) in [4.78, 5) is 36.6. The summed E-state index contributed by atoms with van der Waals surface area (Å²) in [6.07, 6.45) is 1.25. The average molecular weight is 304 g/mol. The number of aromatic amines is 1. The van der Waals surface area contributed by atoms with Gasteiger partial charge in [0.15, 0.2) is 0 Å². The van der Waals surface area contributed by atoms with Crippen LogP contribution in [-0.4, -0.2) is 20.4 Å². The average Bonchev–Trinajstić information content (AvgIpc) is 2.42. The zero-order valence-electron chi connectivity index (χ0n) is 10.8. The molecule has 1 aromatic heterocycles. The van der Waals surface area contributed by atoms with Crippen molar-refractivity contribution >= 4 is 28.8 Å². The van der Waals surface area contributed by atoms with E-state index in [9.17, 15) is 14.4 Å². The number of nitrogens with one attached hydrogen (secondary N) is 2. The van der Waals surface area contributed by atoms with Crippen LogP contribution in [0.15, 0.2) is 46.1 Å². The predicted molar refractivity (Wildman–Crippen MR) is 82.3 cm³/mol. The van der Waals surface area contributed by atoms with Crippen LogP contribution in [0.1, 0.15) is 5.56 Å². The molecule has 0 saturated carbocycles. The molecule has 0 saturated heterocycles. The van der Waals surface area contributed by atoms with E-state index in [-0.39, 0.29) is 11.5 Å². The van der Waals surface area contributed by atoms with Gasteiger partial charge in [-0.2, -0.15) is 0 Å². The molecule has 0 atom stereocenters. The lowest BCUT2D eigenvalue weighted by Gasteiger charge is -2.10. The molecule has 8 heteroatoms. The molecular formula is C13H12N4O3S. The van der Waals surface area contributed by atoms with Crippen molar-refractivity contribution in [2.24, 2.45) is 5.73 Å². The van der Waals surface area contributed by atoms with Crippen molar-refractivity contribution in [2.75, 3.05) is 5.32 Å². The number of para-hydroxylation sites is 1. The molecule has 0 unspecified atom stereocenters. The van der Waals surface area contributed by atoms with Gasteiger partial charge in [0.1, 0.15) is 11.5 Å². The molecule has 7 nitrogen and oxygen atoms in total. The number of thiocarbonyl (C=S) groups is 1. The Hall–Kier alpha value is -2.74. The molecule has 0 spiro atoms. The number of carbonyl (C=O) groups is 1. The fourth-order valence-corrected chi connectivity index (χ4v) is 1.90. The molecule has 2 aromatic rings. The van der Waals surface area contributed by atoms with E-state index in [0.717, 1.165) is 10.6 Å². The third-order valence-electron chi connectivity index (χ3n) is 2.68. The standard InChI is InChI=1S/C13H12N4O3S/c14-12(21)8-3-1-2-4-9(8)15-11(19)7-17-6-5-10(18)16-13(17)20/h1-6H,7H2,(H2,14,21)(H,15,19)(H,16,18,20). The normalized spacial score (nSPS) is 10.1. The van der Waals surface area contributed by atoms with Crippen LogP contribution >= 0.6 is 12.2 Å². The Morgan fingerprint density at radius 3 is 2.67 bits per heavy atom. The lowest BCUT2D eigenvalue weighted by Crippen LogP contribution is -2.32. The minimum Gasteiger partial charge on any atom is -0.389 e. The van der Waals surface area contributed by atoms with E-state index in [1.54, 1.807) is 24.3 Å². The summed E-state index contributed by atoms with van der Waals surface area (Å²) < 4.78 is 1.08. The number of aromatic nitrogens is 2. The first-order valence-corrected chi connectivity index (χ1v) is 6.36. The van der Waals surface area contributed by atoms with Crippen LogP contribution in [-0.2, 0) is 11.3 Å². The monoisotopic (exact) mass is 304 g/mol. The first-order chi connectivity index (χ1) is 9.97. The number of rotatable bonds is 4. The van der Waals surface area contributed by atoms with Gasteiger partial charge in [0.25, 0.3) is 5.56 Å². The highest BCUT2D eigenvalue weighted by atomic mass is 32.1. The molecule has 0 radical (unpaired) electrons. The Morgan fingerprint density at radius 1 is 1.29 bits per heavy atom. The van der Waals surface area contributed by atoms with Gasteiger partial charge in [0.05, 0.1) is 5.69 Å². The molecule has 108 valence electrons. The summed E-state index contributed by atoms with van der Waals surface area (Å²) in [5, 5.41) is 2.62. The minimum absolute atomic E-state index is 0.159. The molecular weight excluding hydrogens is 292 g/mol. The number of carbonyl (C=O) groups excluding carboxylic acids is 1. The van der Waals surface area contributed by atoms with Crippen molar-refractivity contribution in [1.82, 2.24) is 9.55 Å². The fraction of sp³-hybridized carbons (Fsp3) is 0.0769. The summed E-state index contributed by atoms with van der Waals surface area (Å²) in [6, 6.07) is 7.98. The molecule has 2 rings (SSSR count). The second-order valence-corrected chi connectivity index (χ2v) is 4.64. The SMILES string of the molecule is NC(=S)c1ccccc1NC(=O)Cn1ccc(=O)[nH]c1=O. The van der Waals surface area contributed by atoms with Gasteiger partial charge >= 0.3 is 5.69 Å². The lowest BCUT2D eigenvalue weighted by atomic mass is 10.2. The number of hydrogen-bond donors (Lipinski definition) is 3. The summed E-state index contributed by atoms with van der Waals surface area (Å²) in [5.41, 5.74) is 5.40. The first-order valence-electron chi connectivity index (χ1n) is 5.96. The van der Waals surface area contributed by atoms with Gasteiger partial charge in [-0.1, -0.05) is 24.4 Å². The Labute approximate surface area is 124 Å². The zero-order chi connectivity index (χ0) is 15.4. The fourth-order valence-electron chi connectivity index (χ4n) is 1.72. The van der Waals surface area contributed by atoms with Crippen molar-refractivity contribution in [1.29, 1.82) is 0 Å². The highest BCUT2D eigenvalue weighted by molar-refractivity contribution is 7.80. The van der Waals surface area contributed by atoms with Crippen LogP contribution in [0, 0.1) is 0 Å². The van der Waals surface area contributed by atoms with E-state index in [2.05, 4.69) is 10.3 Å². The maximum absolute atomic E-state index is 11.9. The van der Waals surface area contributed by atoms with E-state index in [1.807, 2.05) is 0 Å². The van der Waals surface area contributed by atoms with Crippen LogP contribution in [0.25, 0.3) is 0 Å². The number of amides is 1. The molecule has 0 aliphatic heterocycles. The van der Waals surface area contributed by atoms with Gasteiger partial charge in [-0.25, -0.2) is 4.79 Å². The third kappa shape index (κ3) is 3.63. The van der Waals surface area contributed by atoms with Gasteiger partial charge in [-0.3, -0.25) is 19.1 Å². The summed E-state index contributed by atoms with van der Waals surface area (Å²) >= 11 is 4.90. The maximum Gasteiger partial charge on any atom is 0.328 e.